The second kappa shape index (κ2) is 10.4. The molecule has 2 fully saturated rings. The number of nitrogens with one attached hydrogen (secondary N) is 1. The van der Waals surface area contributed by atoms with E-state index in [-0.39, 0.29) is 36.0 Å². The molecule has 2 saturated heterocycles. The first-order valence-corrected chi connectivity index (χ1v) is 13.2. The predicted octanol–water partition coefficient (Wildman–Crippen LogP) is 4.50. The predicted molar refractivity (Wildman–Crippen MR) is 142 cm³/mol. The first-order valence-electron chi connectivity index (χ1n) is 13.2. The van der Waals surface area contributed by atoms with Gasteiger partial charge < -0.3 is 24.4 Å². The summed E-state index contributed by atoms with van der Waals surface area (Å²) in [5.41, 5.74) is 0.403. The molecule has 2 amide bonds. The van der Waals surface area contributed by atoms with Crippen LogP contribution in [0.2, 0.25) is 0 Å². The average Bonchev–Trinajstić information content (AvgIpc) is 3.30. The number of aromatic nitrogens is 4. The minimum Gasteiger partial charge on any atom is -0.474 e. The van der Waals surface area contributed by atoms with Crippen molar-refractivity contribution in [2.75, 3.05) is 41.4 Å². The van der Waals surface area contributed by atoms with Crippen LogP contribution in [-0.2, 0) is 15.7 Å². The molecule has 3 aliphatic rings. The maximum atomic E-state index is 13.7. The van der Waals surface area contributed by atoms with E-state index in [4.69, 9.17) is 14.2 Å². The number of ether oxygens (including phenoxy) is 3. The number of hydrogen-bond donors (Lipinski definition) is 1. The molecule has 0 radical (unpaired) electrons. The normalized spacial score (nSPS) is 21.4. The van der Waals surface area contributed by atoms with Gasteiger partial charge in [0, 0.05) is 24.7 Å². The standard InChI is InChI=1S/C27H28F3N7O4/c1-26(2)40-15-20(41-26)14-39-22-10-18(11-32-35-22)33-25(38)37-19-7-4-8-36(13-19)21-12-31-23(34-24(21)37)16-5-3-6-17(9-16)27(28,29)30/h3,5-6,9-12,19-20H,4,7-8,13-15H2,1-2H3,(H,33,35,38)/t19-,20+/m0/s1. The molecule has 216 valence electrons. The summed E-state index contributed by atoms with van der Waals surface area (Å²) in [4.78, 5) is 26.3. The van der Waals surface area contributed by atoms with Crippen molar-refractivity contribution in [1.82, 2.24) is 20.2 Å². The molecule has 41 heavy (non-hydrogen) atoms. The van der Waals surface area contributed by atoms with Crippen molar-refractivity contribution in [2.45, 2.75) is 50.8 Å². The Balaban J connectivity index is 1.24. The molecule has 6 rings (SSSR count). The second-order valence-corrected chi connectivity index (χ2v) is 10.6. The van der Waals surface area contributed by atoms with E-state index in [1.165, 1.54) is 18.3 Å². The first-order chi connectivity index (χ1) is 19.6. The Hall–Kier alpha value is -4.04. The minimum absolute atomic E-state index is 0.0939. The first kappa shape index (κ1) is 27.1. The average molecular weight is 572 g/mol. The molecule has 0 saturated carbocycles. The number of fused-ring (bicyclic) bond motifs is 4. The van der Waals surface area contributed by atoms with Gasteiger partial charge in [-0.1, -0.05) is 12.1 Å². The topological polar surface area (TPSA) is 115 Å². The quantitative estimate of drug-likeness (QED) is 0.473. The van der Waals surface area contributed by atoms with Gasteiger partial charge in [0.25, 0.3) is 0 Å². The van der Waals surface area contributed by atoms with Crippen LogP contribution in [0.25, 0.3) is 11.4 Å². The van der Waals surface area contributed by atoms with E-state index in [1.807, 2.05) is 13.8 Å². The molecule has 3 aromatic rings. The zero-order valence-corrected chi connectivity index (χ0v) is 22.4. The molecule has 1 aromatic carbocycles. The summed E-state index contributed by atoms with van der Waals surface area (Å²) in [5.74, 6) is -0.0515. The molecule has 3 aliphatic heterocycles. The highest BCUT2D eigenvalue weighted by molar-refractivity contribution is 6.04. The third-order valence-corrected chi connectivity index (χ3v) is 7.12. The molecule has 11 nitrogen and oxygen atoms in total. The van der Waals surface area contributed by atoms with Crippen LogP contribution in [-0.4, -0.2) is 70.4 Å². The molecule has 2 atom stereocenters. The van der Waals surface area contributed by atoms with E-state index >= 15 is 0 Å². The van der Waals surface area contributed by atoms with Crippen LogP contribution in [0.3, 0.4) is 0 Å². The van der Waals surface area contributed by atoms with Crippen molar-refractivity contribution >= 4 is 23.2 Å². The van der Waals surface area contributed by atoms with Crippen LogP contribution in [0.15, 0.2) is 42.7 Å². The Morgan fingerprint density at radius 1 is 1.24 bits per heavy atom. The smallest absolute Gasteiger partial charge is 0.416 e. The maximum Gasteiger partial charge on any atom is 0.416 e. The van der Waals surface area contributed by atoms with Gasteiger partial charge in [0.15, 0.2) is 17.4 Å². The van der Waals surface area contributed by atoms with Gasteiger partial charge in [0.05, 0.1) is 42.0 Å². The Bertz CT molecular complexity index is 1450. The number of piperidine rings is 1. The van der Waals surface area contributed by atoms with Gasteiger partial charge in [-0.15, -0.1) is 5.10 Å². The molecular weight excluding hydrogens is 543 g/mol. The van der Waals surface area contributed by atoms with Crippen molar-refractivity contribution in [3.05, 3.63) is 48.3 Å². The van der Waals surface area contributed by atoms with Crippen LogP contribution in [0.5, 0.6) is 5.88 Å². The zero-order valence-electron chi connectivity index (χ0n) is 22.4. The van der Waals surface area contributed by atoms with Gasteiger partial charge in [0.2, 0.25) is 5.88 Å². The Kier molecular flexibility index (Phi) is 6.90. The second-order valence-electron chi connectivity index (χ2n) is 10.6. The van der Waals surface area contributed by atoms with Gasteiger partial charge in [-0.25, -0.2) is 14.8 Å². The summed E-state index contributed by atoms with van der Waals surface area (Å²) in [6.07, 6.45) is -0.203. The SMILES string of the molecule is CC1(C)OC[C@@H](COc2cc(NC(=O)N3c4nc(-c5cccc(C(F)(F)F)c5)ncc4N4CCC[C@H]3C4)cnn2)O1. The monoisotopic (exact) mass is 571 g/mol. The molecule has 0 aliphatic carbocycles. The van der Waals surface area contributed by atoms with Gasteiger partial charge in [0.1, 0.15) is 12.7 Å². The minimum atomic E-state index is -4.51. The number of benzene rings is 1. The number of hydrogen-bond acceptors (Lipinski definition) is 9. The summed E-state index contributed by atoms with van der Waals surface area (Å²) >= 11 is 0. The van der Waals surface area contributed by atoms with Crippen LogP contribution < -0.4 is 19.9 Å². The van der Waals surface area contributed by atoms with E-state index in [9.17, 15) is 18.0 Å². The number of anilines is 3. The lowest BCUT2D eigenvalue weighted by atomic mass is 10.0. The molecular formula is C27H28F3N7O4. The van der Waals surface area contributed by atoms with Gasteiger partial charge >= 0.3 is 12.2 Å². The number of urea groups is 1. The number of carbonyl (C=O) groups is 1. The lowest BCUT2D eigenvalue weighted by molar-refractivity contribution is -0.141. The summed E-state index contributed by atoms with van der Waals surface area (Å²) in [6, 6.07) is 5.73. The molecule has 5 heterocycles. The van der Waals surface area contributed by atoms with Gasteiger partial charge in [-0.3, -0.25) is 4.90 Å². The fourth-order valence-electron chi connectivity index (χ4n) is 5.25. The van der Waals surface area contributed by atoms with Crippen molar-refractivity contribution in [1.29, 1.82) is 0 Å². The van der Waals surface area contributed by atoms with E-state index in [1.54, 1.807) is 17.2 Å². The van der Waals surface area contributed by atoms with Crippen molar-refractivity contribution in [2.24, 2.45) is 0 Å². The van der Waals surface area contributed by atoms with E-state index < -0.39 is 23.6 Å². The Morgan fingerprint density at radius 3 is 2.88 bits per heavy atom. The van der Waals surface area contributed by atoms with Gasteiger partial charge in [-0.05, 0) is 38.8 Å². The summed E-state index contributed by atoms with van der Waals surface area (Å²) in [7, 11) is 0. The highest BCUT2D eigenvalue weighted by Crippen LogP contribution is 2.39. The number of amides is 2. The lowest BCUT2D eigenvalue weighted by Gasteiger charge is -2.45. The molecule has 14 heteroatoms. The maximum absolute atomic E-state index is 13.7. The summed E-state index contributed by atoms with van der Waals surface area (Å²) in [5, 5.41) is 10.8. The largest absolute Gasteiger partial charge is 0.474 e. The summed E-state index contributed by atoms with van der Waals surface area (Å²) < 4.78 is 57.0. The van der Waals surface area contributed by atoms with Crippen LogP contribution >= 0.6 is 0 Å². The van der Waals surface area contributed by atoms with Crippen molar-refractivity contribution < 1.29 is 32.2 Å². The molecule has 1 N–H and O–H groups in total. The van der Waals surface area contributed by atoms with Crippen LogP contribution in [0.4, 0.5) is 35.2 Å². The molecule has 2 bridgehead atoms. The van der Waals surface area contributed by atoms with Crippen molar-refractivity contribution in [3.8, 4) is 17.3 Å². The van der Waals surface area contributed by atoms with E-state index in [0.29, 0.717) is 30.3 Å². The third kappa shape index (κ3) is 5.75. The van der Waals surface area contributed by atoms with Crippen molar-refractivity contribution in [3.63, 3.8) is 0 Å². The van der Waals surface area contributed by atoms with E-state index in [2.05, 4.69) is 30.4 Å². The highest BCUT2D eigenvalue weighted by atomic mass is 19.4. The van der Waals surface area contributed by atoms with Crippen LogP contribution in [0, 0.1) is 0 Å². The fourth-order valence-corrected chi connectivity index (χ4v) is 5.25. The Morgan fingerprint density at radius 2 is 2.10 bits per heavy atom. The molecule has 0 unspecified atom stereocenters. The third-order valence-electron chi connectivity index (χ3n) is 7.12. The molecule has 0 spiro atoms. The van der Waals surface area contributed by atoms with E-state index in [0.717, 1.165) is 31.5 Å². The highest BCUT2D eigenvalue weighted by Gasteiger charge is 2.39. The summed E-state index contributed by atoms with van der Waals surface area (Å²) in [6.45, 7) is 5.58. The number of carbonyl (C=O) groups excluding carboxylic acids is 1. The number of rotatable bonds is 5. The number of nitrogens with zero attached hydrogens (tertiary/aromatic N) is 6. The fraction of sp³-hybridized carbons (Fsp3) is 0.444. The zero-order chi connectivity index (χ0) is 28.8. The Labute approximate surface area is 233 Å². The van der Waals surface area contributed by atoms with Gasteiger partial charge in [-0.2, -0.15) is 18.3 Å². The van der Waals surface area contributed by atoms with Crippen LogP contribution in [0.1, 0.15) is 32.3 Å². The number of halogens is 3. The number of alkyl halides is 3. The molecule has 2 aromatic heterocycles. The lowest BCUT2D eigenvalue weighted by Crippen LogP contribution is -2.56.